The van der Waals surface area contributed by atoms with Gasteiger partial charge in [0.2, 0.25) is 15.9 Å². The van der Waals surface area contributed by atoms with E-state index in [2.05, 4.69) is 4.98 Å². The van der Waals surface area contributed by atoms with Gasteiger partial charge in [0.1, 0.15) is 0 Å². The summed E-state index contributed by atoms with van der Waals surface area (Å²) in [5.74, 6) is -1.97. The molecule has 1 aromatic rings. The minimum atomic E-state index is -5.08. The van der Waals surface area contributed by atoms with E-state index in [0.29, 0.717) is 38.8 Å². The normalized spacial score (nSPS) is 27.1. The number of halogens is 3. The van der Waals surface area contributed by atoms with Crippen LogP contribution in [0.15, 0.2) is 24.4 Å². The highest BCUT2D eigenvalue weighted by atomic mass is 32.2. The lowest BCUT2D eigenvalue weighted by Gasteiger charge is -2.26. The number of aliphatic carboxylic acids is 1. The van der Waals surface area contributed by atoms with Crippen LogP contribution in [0.1, 0.15) is 12.8 Å². The van der Waals surface area contributed by atoms with Crippen molar-refractivity contribution in [2.24, 2.45) is 11.3 Å². The Bertz CT molecular complexity index is 831. The minimum absolute atomic E-state index is 0.152. The van der Waals surface area contributed by atoms with Gasteiger partial charge in [-0.15, -0.1) is 0 Å². The van der Waals surface area contributed by atoms with Gasteiger partial charge in [-0.2, -0.15) is 13.2 Å². The van der Waals surface area contributed by atoms with E-state index in [0.717, 1.165) is 12.8 Å². The predicted molar refractivity (Wildman–Crippen MR) is 93.7 cm³/mol. The minimum Gasteiger partial charge on any atom is -0.477 e. The molecule has 3 fully saturated rings. The second kappa shape index (κ2) is 8.07. The maximum Gasteiger partial charge on any atom is 0.490 e. The fraction of sp³-hybridized carbons (Fsp3) is 0.647. The zero-order chi connectivity index (χ0) is 21.3. The Labute approximate surface area is 165 Å². The maximum atomic E-state index is 12.5. The number of rotatable bonds is 5. The first kappa shape index (κ1) is 21.8. The average Bonchev–Trinajstić information content (AvgIpc) is 3.35. The zero-order valence-corrected chi connectivity index (χ0v) is 16.2. The van der Waals surface area contributed by atoms with Crippen molar-refractivity contribution in [3.05, 3.63) is 24.4 Å². The van der Waals surface area contributed by atoms with Crippen LogP contribution in [-0.2, 0) is 19.6 Å². The Morgan fingerprint density at radius 1 is 1.38 bits per heavy atom. The van der Waals surface area contributed by atoms with Gasteiger partial charge in [-0.1, -0.05) is 6.07 Å². The van der Waals surface area contributed by atoms with Gasteiger partial charge in [0.15, 0.2) is 0 Å². The molecule has 0 aromatic carbocycles. The van der Waals surface area contributed by atoms with Gasteiger partial charge >= 0.3 is 12.1 Å². The summed E-state index contributed by atoms with van der Waals surface area (Å²) in [6, 6.07) is 5.53. The van der Waals surface area contributed by atoms with Crippen molar-refractivity contribution in [3.8, 4) is 5.88 Å². The van der Waals surface area contributed by atoms with Crippen molar-refractivity contribution < 1.29 is 41.0 Å². The van der Waals surface area contributed by atoms with Gasteiger partial charge in [0, 0.05) is 36.7 Å². The number of alkyl halides is 3. The number of nitrogens with zero attached hydrogens (tertiary/aromatic N) is 2. The summed E-state index contributed by atoms with van der Waals surface area (Å²) in [6.45, 7) is 2.68. The van der Waals surface area contributed by atoms with Gasteiger partial charge in [0.25, 0.3) is 0 Å². The third-order valence-electron chi connectivity index (χ3n) is 5.18. The van der Waals surface area contributed by atoms with E-state index in [-0.39, 0.29) is 16.6 Å². The number of carboxylic acids is 1. The number of carbonyl (C=O) groups is 1. The molecule has 0 spiro atoms. The van der Waals surface area contributed by atoms with E-state index in [1.54, 1.807) is 10.5 Å². The molecule has 1 aromatic heterocycles. The van der Waals surface area contributed by atoms with E-state index >= 15 is 0 Å². The molecule has 3 heterocycles. The molecule has 162 valence electrons. The topological polar surface area (TPSA) is 106 Å². The smallest absolute Gasteiger partial charge is 0.477 e. The summed E-state index contributed by atoms with van der Waals surface area (Å²) in [7, 11) is -3.12. The summed E-state index contributed by atoms with van der Waals surface area (Å²) in [6.07, 6.45) is -1.79. The third-order valence-corrected chi connectivity index (χ3v) is 7.49. The lowest BCUT2D eigenvalue weighted by Crippen LogP contribution is -2.39. The molecule has 8 nitrogen and oxygen atoms in total. The third kappa shape index (κ3) is 4.98. The summed E-state index contributed by atoms with van der Waals surface area (Å²) in [5, 5.41) is 6.97. The fourth-order valence-electron chi connectivity index (χ4n) is 3.41. The standard InChI is InChI=1S/C15H20N2O4S.C2HF3O2/c18-22(19,13-4-5-13)17-7-12-8-20-10-15(12,9-17)11-21-14-3-1-2-6-16-14;3-2(4,5)1(6)7/h1-3,6,12-13H,4-5,7-11H2;(H,6,7)/t12-,15+;/m1./s1. The average molecular weight is 438 g/mol. The van der Waals surface area contributed by atoms with Crippen molar-refractivity contribution in [2.45, 2.75) is 24.3 Å². The van der Waals surface area contributed by atoms with Gasteiger partial charge < -0.3 is 14.6 Å². The van der Waals surface area contributed by atoms with Crippen LogP contribution in [0.4, 0.5) is 13.2 Å². The Kier molecular flexibility index (Phi) is 6.06. The molecular formula is C17H21F3N2O6S. The highest BCUT2D eigenvalue weighted by Gasteiger charge is 2.56. The predicted octanol–water partition coefficient (Wildman–Crippen LogP) is 1.53. The fourth-order valence-corrected chi connectivity index (χ4v) is 5.39. The zero-order valence-electron chi connectivity index (χ0n) is 15.3. The second-order valence-corrected chi connectivity index (χ2v) is 9.58. The van der Waals surface area contributed by atoms with Crippen LogP contribution < -0.4 is 4.74 Å². The highest BCUT2D eigenvalue weighted by molar-refractivity contribution is 7.90. The molecule has 4 rings (SSSR count). The summed E-state index contributed by atoms with van der Waals surface area (Å²) >= 11 is 0. The first-order chi connectivity index (χ1) is 13.5. The van der Waals surface area contributed by atoms with Crippen LogP contribution in [0, 0.1) is 11.3 Å². The lowest BCUT2D eigenvalue weighted by atomic mass is 9.82. The Balaban J connectivity index is 0.000000298. The molecule has 29 heavy (non-hydrogen) atoms. The van der Waals surface area contributed by atoms with Crippen molar-refractivity contribution in [1.29, 1.82) is 0 Å². The van der Waals surface area contributed by atoms with Crippen LogP contribution in [0.5, 0.6) is 5.88 Å². The highest BCUT2D eigenvalue weighted by Crippen LogP contribution is 2.44. The maximum absolute atomic E-state index is 12.5. The molecule has 0 bridgehead atoms. The van der Waals surface area contributed by atoms with Gasteiger partial charge in [0.05, 0.1) is 25.1 Å². The monoisotopic (exact) mass is 438 g/mol. The largest absolute Gasteiger partial charge is 0.490 e. The molecule has 0 radical (unpaired) electrons. The molecule has 3 aliphatic rings. The van der Waals surface area contributed by atoms with Crippen molar-refractivity contribution in [3.63, 3.8) is 0 Å². The SMILES string of the molecule is O=C(O)C(F)(F)F.O=S(=O)(C1CC1)N1C[C@@H]2COC[C@]2(COc2ccccn2)C1. The van der Waals surface area contributed by atoms with Crippen molar-refractivity contribution in [2.75, 3.05) is 32.9 Å². The molecular weight excluding hydrogens is 417 g/mol. The Hall–Kier alpha value is -1.92. The van der Waals surface area contributed by atoms with Crippen LogP contribution in [-0.4, -0.2) is 73.1 Å². The van der Waals surface area contributed by atoms with E-state index < -0.39 is 22.2 Å². The van der Waals surface area contributed by atoms with Crippen LogP contribution >= 0.6 is 0 Å². The Morgan fingerprint density at radius 2 is 2.07 bits per heavy atom. The van der Waals surface area contributed by atoms with Gasteiger partial charge in [-0.05, 0) is 18.9 Å². The number of carboxylic acid groups (broad SMARTS) is 1. The number of aromatic nitrogens is 1. The molecule has 1 aliphatic carbocycles. The number of ether oxygens (including phenoxy) is 2. The number of pyridine rings is 1. The van der Waals surface area contributed by atoms with Crippen LogP contribution in [0.25, 0.3) is 0 Å². The van der Waals surface area contributed by atoms with Gasteiger partial charge in [-0.3, -0.25) is 0 Å². The van der Waals surface area contributed by atoms with E-state index in [1.807, 2.05) is 18.2 Å². The molecule has 1 saturated carbocycles. The quantitative estimate of drug-likeness (QED) is 0.743. The number of sulfonamides is 1. The molecule has 2 aliphatic heterocycles. The van der Waals surface area contributed by atoms with Crippen molar-refractivity contribution >= 4 is 16.0 Å². The Morgan fingerprint density at radius 3 is 2.62 bits per heavy atom. The summed E-state index contributed by atoms with van der Waals surface area (Å²) in [5.41, 5.74) is -0.237. The van der Waals surface area contributed by atoms with Crippen LogP contribution in [0.3, 0.4) is 0 Å². The van der Waals surface area contributed by atoms with E-state index in [9.17, 15) is 21.6 Å². The van der Waals surface area contributed by atoms with Crippen LogP contribution in [0.2, 0.25) is 0 Å². The number of hydrogen-bond donors (Lipinski definition) is 1. The summed E-state index contributed by atoms with van der Waals surface area (Å²) in [4.78, 5) is 13.1. The lowest BCUT2D eigenvalue weighted by molar-refractivity contribution is -0.192. The molecule has 0 amide bonds. The van der Waals surface area contributed by atoms with Gasteiger partial charge in [-0.25, -0.2) is 22.5 Å². The molecule has 2 atom stereocenters. The number of fused-ring (bicyclic) bond motifs is 1. The van der Waals surface area contributed by atoms with E-state index in [4.69, 9.17) is 19.4 Å². The van der Waals surface area contributed by atoms with E-state index in [1.165, 1.54) is 0 Å². The first-order valence-corrected chi connectivity index (χ1v) is 10.5. The molecule has 0 unspecified atom stereocenters. The second-order valence-electron chi connectivity index (χ2n) is 7.37. The van der Waals surface area contributed by atoms with Crippen molar-refractivity contribution in [1.82, 2.24) is 9.29 Å². The summed E-state index contributed by atoms with van der Waals surface area (Å²) < 4.78 is 69.8. The molecule has 1 N–H and O–H groups in total. The first-order valence-electron chi connectivity index (χ1n) is 8.95. The number of hydrogen-bond acceptors (Lipinski definition) is 6. The molecule has 2 saturated heterocycles. The molecule has 12 heteroatoms.